The van der Waals surface area contributed by atoms with Crippen LogP contribution in [0.3, 0.4) is 0 Å². The maximum Gasteiger partial charge on any atom is 0.237 e. The summed E-state index contributed by atoms with van der Waals surface area (Å²) < 4.78 is 0. The standard InChI is InChI=1S/C18H19ClN2O.ClH/c1-12(15-8-4-5-9-16(15)19)21-18(22)17-10-13-6-2-3-7-14(13)11-20-17;/h2-9,12,17,20H,10-11H2,1H3,(H,21,22);1H. The molecule has 1 aliphatic heterocycles. The number of carbonyl (C=O) groups excluding carboxylic acids is 1. The first-order chi connectivity index (χ1) is 10.6. The monoisotopic (exact) mass is 350 g/mol. The first-order valence-corrected chi connectivity index (χ1v) is 7.88. The molecule has 2 aromatic rings. The Balaban J connectivity index is 0.00000192. The Bertz CT molecular complexity index is 690. The minimum absolute atomic E-state index is 0. The van der Waals surface area contributed by atoms with Crippen LogP contribution < -0.4 is 10.6 Å². The smallest absolute Gasteiger partial charge is 0.237 e. The summed E-state index contributed by atoms with van der Waals surface area (Å²) in [5.41, 5.74) is 3.45. The van der Waals surface area contributed by atoms with E-state index in [1.807, 2.05) is 43.3 Å². The quantitative estimate of drug-likeness (QED) is 0.886. The molecule has 0 spiro atoms. The van der Waals surface area contributed by atoms with Crippen LogP contribution in [0.25, 0.3) is 0 Å². The molecule has 3 rings (SSSR count). The van der Waals surface area contributed by atoms with Gasteiger partial charge in [0.2, 0.25) is 5.91 Å². The molecule has 0 saturated heterocycles. The van der Waals surface area contributed by atoms with E-state index in [0.717, 1.165) is 18.5 Å². The van der Waals surface area contributed by atoms with Gasteiger partial charge in [-0.3, -0.25) is 4.79 Å². The Hall–Kier alpha value is -1.55. The molecule has 0 aromatic heterocycles. The number of amides is 1. The summed E-state index contributed by atoms with van der Waals surface area (Å²) in [6, 6.07) is 15.5. The third-order valence-electron chi connectivity index (χ3n) is 4.13. The highest BCUT2D eigenvalue weighted by Crippen LogP contribution is 2.23. The molecule has 2 atom stereocenters. The first-order valence-electron chi connectivity index (χ1n) is 7.50. The van der Waals surface area contributed by atoms with Gasteiger partial charge in [0, 0.05) is 11.6 Å². The van der Waals surface area contributed by atoms with Crippen molar-refractivity contribution in [2.75, 3.05) is 0 Å². The molecule has 1 amide bonds. The number of nitrogens with one attached hydrogen (secondary N) is 2. The molecule has 3 nitrogen and oxygen atoms in total. The average molecular weight is 351 g/mol. The summed E-state index contributed by atoms with van der Waals surface area (Å²) in [5.74, 6) is 0.0157. The van der Waals surface area contributed by atoms with Crippen molar-refractivity contribution in [3.8, 4) is 0 Å². The lowest BCUT2D eigenvalue weighted by atomic mass is 9.95. The summed E-state index contributed by atoms with van der Waals surface area (Å²) in [4.78, 5) is 12.5. The van der Waals surface area contributed by atoms with Gasteiger partial charge in [-0.05, 0) is 36.1 Å². The highest BCUT2D eigenvalue weighted by molar-refractivity contribution is 6.31. The van der Waals surface area contributed by atoms with Gasteiger partial charge in [-0.1, -0.05) is 54.1 Å². The zero-order valence-electron chi connectivity index (χ0n) is 12.9. The third kappa shape index (κ3) is 4.05. The summed E-state index contributed by atoms with van der Waals surface area (Å²) in [6.07, 6.45) is 0.719. The predicted molar refractivity (Wildman–Crippen MR) is 96.0 cm³/mol. The van der Waals surface area contributed by atoms with E-state index in [1.165, 1.54) is 11.1 Å². The molecule has 2 N–H and O–H groups in total. The molecule has 0 bridgehead atoms. The van der Waals surface area contributed by atoms with Crippen LogP contribution in [0.5, 0.6) is 0 Å². The SMILES string of the molecule is CC(NC(=O)C1Cc2ccccc2CN1)c1ccccc1Cl.Cl. The molecular weight excluding hydrogens is 331 g/mol. The third-order valence-corrected chi connectivity index (χ3v) is 4.47. The zero-order valence-corrected chi connectivity index (χ0v) is 14.5. The maximum absolute atomic E-state index is 12.5. The molecule has 1 aliphatic rings. The van der Waals surface area contributed by atoms with Crippen molar-refractivity contribution in [1.29, 1.82) is 0 Å². The van der Waals surface area contributed by atoms with Gasteiger partial charge >= 0.3 is 0 Å². The lowest BCUT2D eigenvalue weighted by Crippen LogP contribution is -2.48. The molecule has 0 saturated carbocycles. The topological polar surface area (TPSA) is 41.1 Å². The van der Waals surface area contributed by atoms with E-state index in [4.69, 9.17) is 11.6 Å². The van der Waals surface area contributed by atoms with Gasteiger partial charge in [0.05, 0.1) is 12.1 Å². The second-order valence-corrected chi connectivity index (χ2v) is 6.07. The Morgan fingerprint density at radius 3 is 2.57 bits per heavy atom. The Morgan fingerprint density at radius 2 is 1.83 bits per heavy atom. The molecule has 1 heterocycles. The predicted octanol–water partition coefficient (Wildman–Crippen LogP) is 3.65. The van der Waals surface area contributed by atoms with Crippen LogP contribution in [0.2, 0.25) is 5.02 Å². The van der Waals surface area contributed by atoms with Crippen LogP contribution in [0.4, 0.5) is 0 Å². The Labute approximate surface area is 147 Å². The second-order valence-electron chi connectivity index (χ2n) is 5.66. The highest BCUT2D eigenvalue weighted by atomic mass is 35.5. The molecule has 0 fully saturated rings. The summed E-state index contributed by atoms with van der Waals surface area (Å²) in [5, 5.41) is 7.03. The number of rotatable bonds is 3. The van der Waals surface area contributed by atoms with Crippen molar-refractivity contribution >= 4 is 29.9 Å². The summed E-state index contributed by atoms with van der Waals surface area (Å²) in [7, 11) is 0. The fraction of sp³-hybridized carbons (Fsp3) is 0.278. The van der Waals surface area contributed by atoms with Gasteiger partial charge in [0.15, 0.2) is 0 Å². The van der Waals surface area contributed by atoms with E-state index in [1.54, 1.807) is 0 Å². The van der Waals surface area contributed by atoms with Crippen LogP contribution in [0, 0.1) is 0 Å². The molecule has 2 aromatic carbocycles. The normalized spacial score (nSPS) is 17.6. The highest BCUT2D eigenvalue weighted by Gasteiger charge is 2.25. The summed E-state index contributed by atoms with van der Waals surface area (Å²) in [6.45, 7) is 2.69. The maximum atomic E-state index is 12.5. The Kier molecular flexibility index (Phi) is 6.05. The molecule has 0 radical (unpaired) electrons. The number of hydrogen-bond acceptors (Lipinski definition) is 2. The fourth-order valence-corrected chi connectivity index (χ4v) is 3.16. The van der Waals surface area contributed by atoms with E-state index in [0.29, 0.717) is 5.02 Å². The number of hydrogen-bond donors (Lipinski definition) is 2. The minimum Gasteiger partial charge on any atom is -0.348 e. The zero-order chi connectivity index (χ0) is 15.5. The largest absolute Gasteiger partial charge is 0.348 e. The van der Waals surface area contributed by atoms with Gasteiger partial charge in [-0.25, -0.2) is 0 Å². The van der Waals surface area contributed by atoms with Crippen LogP contribution in [-0.4, -0.2) is 11.9 Å². The van der Waals surface area contributed by atoms with Crippen LogP contribution >= 0.6 is 24.0 Å². The van der Waals surface area contributed by atoms with Crippen molar-refractivity contribution in [2.45, 2.75) is 32.0 Å². The molecule has 122 valence electrons. The van der Waals surface area contributed by atoms with Crippen molar-refractivity contribution in [3.63, 3.8) is 0 Å². The second kappa shape index (κ2) is 7.82. The van der Waals surface area contributed by atoms with Crippen molar-refractivity contribution in [1.82, 2.24) is 10.6 Å². The van der Waals surface area contributed by atoms with Gasteiger partial charge < -0.3 is 10.6 Å². The van der Waals surface area contributed by atoms with Gasteiger partial charge in [-0.2, -0.15) is 0 Å². The average Bonchev–Trinajstić information content (AvgIpc) is 2.54. The Morgan fingerprint density at radius 1 is 1.17 bits per heavy atom. The molecule has 0 aliphatic carbocycles. The van der Waals surface area contributed by atoms with Crippen molar-refractivity contribution in [2.24, 2.45) is 0 Å². The molecule has 23 heavy (non-hydrogen) atoms. The number of carbonyl (C=O) groups is 1. The van der Waals surface area contributed by atoms with E-state index >= 15 is 0 Å². The van der Waals surface area contributed by atoms with E-state index in [9.17, 15) is 4.79 Å². The van der Waals surface area contributed by atoms with E-state index in [2.05, 4.69) is 22.8 Å². The van der Waals surface area contributed by atoms with Crippen LogP contribution in [0.1, 0.15) is 29.7 Å². The first kappa shape index (κ1) is 17.8. The van der Waals surface area contributed by atoms with Gasteiger partial charge in [-0.15, -0.1) is 12.4 Å². The number of benzene rings is 2. The lowest BCUT2D eigenvalue weighted by molar-refractivity contribution is -0.124. The van der Waals surface area contributed by atoms with Crippen molar-refractivity contribution < 1.29 is 4.79 Å². The van der Waals surface area contributed by atoms with E-state index in [-0.39, 0.29) is 30.4 Å². The molecule has 5 heteroatoms. The van der Waals surface area contributed by atoms with Crippen LogP contribution in [0.15, 0.2) is 48.5 Å². The number of halogens is 2. The van der Waals surface area contributed by atoms with Gasteiger partial charge in [0.1, 0.15) is 0 Å². The summed E-state index contributed by atoms with van der Waals surface area (Å²) >= 11 is 6.19. The van der Waals surface area contributed by atoms with Crippen LogP contribution in [-0.2, 0) is 17.8 Å². The number of fused-ring (bicyclic) bond motifs is 1. The minimum atomic E-state index is -0.195. The fourth-order valence-electron chi connectivity index (χ4n) is 2.86. The van der Waals surface area contributed by atoms with Gasteiger partial charge in [0.25, 0.3) is 0 Å². The lowest BCUT2D eigenvalue weighted by Gasteiger charge is -2.27. The van der Waals surface area contributed by atoms with E-state index < -0.39 is 0 Å². The molecule has 2 unspecified atom stereocenters. The van der Waals surface area contributed by atoms with Crippen molar-refractivity contribution in [3.05, 3.63) is 70.2 Å². The molecular formula is C18H20Cl2N2O.